The minimum Gasteiger partial charge on any atom is -0.379 e. The Balaban J connectivity index is 1.53. The van der Waals surface area contributed by atoms with Crippen molar-refractivity contribution in [2.45, 2.75) is 16.0 Å². The van der Waals surface area contributed by atoms with Gasteiger partial charge in [0.15, 0.2) is 11.5 Å². The van der Waals surface area contributed by atoms with Crippen molar-refractivity contribution in [2.75, 3.05) is 31.6 Å². The van der Waals surface area contributed by atoms with Gasteiger partial charge in [-0.05, 0) is 29.3 Å². The SMILES string of the molecule is O=c1c(NCc2ccc(S(=O)(=O)N3CCOCC3)cc2)nc2cnc(Cl)nc2n1CI. The second-order valence-corrected chi connectivity index (χ2v) is 9.63. The molecule has 4 rings (SSSR count). The van der Waals surface area contributed by atoms with Gasteiger partial charge in [-0.15, -0.1) is 0 Å². The highest BCUT2D eigenvalue weighted by Gasteiger charge is 2.26. The summed E-state index contributed by atoms with van der Waals surface area (Å²) >= 11 is 7.90. The Labute approximate surface area is 196 Å². The predicted octanol–water partition coefficient (Wildman–Crippen LogP) is 1.87. The number of anilines is 1. The molecule has 0 spiro atoms. The summed E-state index contributed by atoms with van der Waals surface area (Å²) in [7, 11) is -3.55. The molecule has 0 aliphatic carbocycles. The van der Waals surface area contributed by atoms with Crippen LogP contribution in [-0.2, 0) is 25.9 Å². The van der Waals surface area contributed by atoms with E-state index in [9.17, 15) is 13.2 Å². The van der Waals surface area contributed by atoms with Crippen molar-refractivity contribution in [3.63, 3.8) is 0 Å². The van der Waals surface area contributed by atoms with Crippen LogP contribution in [0.4, 0.5) is 5.82 Å². The Morgan fingerprint density at radius 1 is 1.16 bits per heavy atom. The second kappa shape index (κ2) is 9.32. The smallest absolute Gasteiger partial charge is 0.295 e. The van der Waals surface area contributed by atoms with E-state index in [4.69, 9.17) is 16.3 Å². The van der Waals surface area contributed by atoms with E-state index in [1.807, 2.05) is 0 Å². The first-order valence-corrected chi connectivity index (χ1v) is 12.6. The van der Waals surface area contributed by atoms with Crippen molar-refractivity contribution >= 4 is 61.2 Å². The van der Waals surface area contributed by atoms with Gasteiger partial charge in [0.05, 0.1) is 28.9 Å². The Morgan fingerprint density at radius 3 is 2.55 bits per heavy atom. The van der Waals surface area contributed by atoms with Crippen molar-refractivity contribution in [1.29, 1.82) is 0 Å². The summed E-state index contributed by atoms with van der Waals surface area (Å²) in [6, 6.07) is 6.55. The molecule has 13 heteroatoms. The lowest BCUT2D eigenvalue weighted by atomic mass is 10.2. The molecule has 1 saturated heterocycles. The summed E-state index contributed by atoms with van der Waals surface area (Å²) in [5.74, 6) is 0.153. The molecule has 10 nitrogen and oxygen atoms in total. The van der Waals surface area contributed by atoms with Gasteiger partial charge in [0, 0.05) is 19.6 Å². The number of halogens is 2. The van der Waals surface area contributed by atoms with Gasteiger partial charge in [-0.25, -0.2) is 18.4 Å². The normalized spacial score (nSPS) is 15.3. The number of fused-ring (bicyclic) bond motifs is 1. The molecular weight excluding hydrogens is 559 g/mol. The number of ether oxygens (including phenoxy) is 1. The maximum Gasteiger partial charge on any atom is 0.295 e. The van der Waals surface area contributed by atoms with E-state index in [1.54, 1.807) is 24.3 Å². The van der Waals surface area contributed by atoms with Crippen LogP contribution in [0.2, 0.25) is 5.28 Å². The Morgan fingerprint density at radius 2 is 1.87 bits per heavy atom. The van der Waals surface area contributed by atoms with E-state index in [0.29, 0.717) is 48.6 Å². The van der Waals surface area contributed by atoms with Crippen LogP contribution in [-0.4, -0.2) is 58.5 Å². The molecule has 1 aliphatic rings. The molecule has 1 N–H and O–H groups in total. The van der Waals surface area contributed by atoms with E-state index >= 15 is 0 Å². The van der Waals surface area contributed by atoms with Crippen molar-refractivity contribution in [3.8, 4) is 0 Å². The first-order chi connectivity index (χ1) is 14.9. The second-order valence-electron chi connectivity index (χ2n) is 6.67. The van der Waals surface area contributed by atoms with Crippen molar-refractivity contribution in [3.05, 3.63) is 51.7 Å². The van der Waals surface area contributed by atoms with Crippen LogP contribution >= 0.6 is 34.2 Å². The van der Waals surface area contributed by atoms with Gasteiger partial charge >= 0.3 is 0 Å². The highest BCUT2D eigenvalue weighted by Crippen LogP contribution is 2.18. The Hall–Kier alpha value is -1.87. The molecule has 2 aromatic heterocycles. The molecule has 0 bridgehead atoms. The maximum atomic E-state index is 12.7. The summed E-state index contributed by atoms with van der Waals surface area (Å²) in [6.45, 7) is 1.77. The Kier molecular flexibility index (Phi) is 6.71. The zero-order valence-electron chi connectivity index (χ0n) is 16.2. The quantitative estimate of drug-likeness (QED) is 0.268. The van der Waals surface area contributed by atoms with Gasteiger partial charge in [0.1, 0.15) is 5.52 Å². The van der Waals surface area contributed by atoms with E-state index in [2.05, 4.69) is 42.9 Å². The third-order valence-corrected chi connectivity index (χ3v) is 7.54. The zero-order valence-corrected chi connectivity index (χ0v) is 19.9. The Bertz CT molecular complexity index is 1260. The number of hydrogen-bond acceptors (Lipinski definition) is 8. The molecule has 3 heterocycles. The van der Waals surface area contributed by atoms with Gasteiger partial charge in [0.25, 0.3) is 5.56 Å². The van der Waals surface area contributed by atoms with Crippen molar-refractivity contribution in [2.24, 2.45) is 0 Å². The van der Waals surface area contributed by atoms with Crippen LogP contribution in [0.3, 0.4) is 0 Å². The number of benzene rings is 1. The predicted molar refractivity (Wildman–Crippen MR) is 124 cm³/mol. The highest BCUT2D eigenvalue weighted by molar-refractivity contribution is 14.1. The van der Waals surface area contributed by atoms with Crippen LogP contribution in [0, 0.1) is 0 Å². The fourth-order valence-electron chi connectivity index (χ4n) is 3.14. The monoisotopic (exact) mass is 576 g/mol. The third kappa shape index (κ3) is 4.67. The molecule has 0 amide bonds. The minimum absolute atomic E-state index is 0.0418. The van der Waals surface area contributed by atoms with Crippen molar-refractivity contribution < 1.29 is 13.2 Å². The molecule has 1 fully saturated rings. The van der Waals surface area contributed by atoms with Gasteiger partial charge in [-0.1, -0.05) is 34.7 Å². The number of rotatable bonds is 6. The molecule has 164 valence electrons. The van der Waals surface area contributed by atoms with E-state index in [-0.39, 0.29) is 21.6 Å². The fourth-order valence-corrected chi connectivity index (χ4v) is 5.31. The minimum atomic E-state index is -3.55. The number of nitrogens with zero attached hydrogens (tertiary/aromatic N) is 5. The van der Waals surface area contributed by atoms with Gasteiger partial charge < -0.3 is 10.1 Å². The average molecular weight is 577 g/mol. The molecule has 0 radical (unpaired) electrons. The number of hydrogen-bond donors (Lipinski definition) is 1. The van der Waals surface area contributed by atoms with Crippen molar-refractivity contribution in [1.82, 2.24) is 23.8 Å². The number of nitrogens with one attached hydrogen (secondary N) is 1. The van der Waals surface area contributed by atoms with Gasteiger partial charge in [-0.3, -0.25) is 9.36 Å². The van der Waals surface area contributed by atoms with Crippen LogP contribution < -0.4 is 10.9 Å². The van der Waals surface area contributed by atoms with Crippen LogP contribution in [0.25, 0.3) is 11.2 Å². The molecule has 0 unspecified atom stereocenters. The average Bonchev–Trinajstić information content (AvgIpc) is 2.79. The lowest BCUT2D eigenvalue weighted by Crippen LogP contribution is -2.40. The lowest BCUT2D eigenvalue weighted by Gasteiger charge is -2.26. The van der Waals surface area contributed by atoms with E-state index in [0.717, 1.165) is 5.56 Å². The largest absolute Gasteiger partial charge is 0.379 e. The van der Waals surface area contributed by atoms with Crippen LogP contribution in [0.1, 0.15) is 5.56 Å². The summed E-state index contributed by atoms with van der Waals surface area (Å²) < 4.78 is 33.9. The summed E-state index contributed by atoms with van der Waals surface area (Å²) in [6.07, 6.45) is 1.46. The van der Waals surface area contributed by atoms with Gasteiger partial charge in [0.2, 0.25) is 15.3 Å². The highest BCUT2D eigenvalue weighted by atomic mass is 127. The number of morpholine rings is 1. The number of alkyl halides is 1. The third-order valence-electron chi connectivity index (χ3n) is 4.77. The number of sulfonamides is 1. The topological polar surface area (TPSA) is 119 Å². The maximum absolute atomic E-state index is 12.7. The van der Waals surface area contributed by atoms with Crippen LogP contribution in [0.15, 0.2) is 40.2 Å². The lowest BCUT2D eigenvalue weighted by molar-refractivity contribution is 0.0730. The number of aromatic nitrogens is 4. The molecule has 1 aromatic carbocycles. The summed E-state index contributed by atoms with van der Waals surface area (Å²) in [5.41, 5.74) is 1.27. The summed E-state index contributed by atoms with van der Waals surface area (Å²) in [4.78, 5) is 25.3. The fraction of sp³-hybridized carbons (Fsp3) is 0.333. The van der Waals surface area contributed by atoms with E-state index < -0.39 is 10.0 Å². The molecule has 1 aliphatic heterocycles. The van der Waals surface area contributed by atoms with Gasteiger partial charge in [-0.2, -0.15) is 9.29 Å². The molecule has 0 saturated carbocycles. The zero-order chi connectivity index (χ0) is 22.0. The molecular formula is C18H18ClIN6O4S. The summed E-state index contributed by atoms with van der Waals surface area (Å²) in [5, 5.41) is 3.06. The van der Waals surface area contributed by atoms with Crippen LogP contribution in [0.5, 0.6) is 0 Å². The first kappa shape index (κ1) is 22.3. The van der Waals surface area contributed by atoms with E-state index in [1.165, 1.54) is 15.1 Å². The molecule has 31 heavy (non-hydrogen) atoms. The molecule has 0 atom stereocenters. The standard InChI is InChI=1S/C18H18ClIN6O4S/c19-18-22-10-14-16(24-18)26(11-20)17(27)15(23-14)21-9-12-1-3-13(4-2-12)31(28,29)25-5-7-30-8-6-25/h1-4,10H,5-9,11H2,(H,21,23). The molecule has 3 aromatic rings. The first-order valence-electron chi connectivity index (χ1n) is 9.30.